The summed E-state index contributed by atoms with van der Waals surface area (Å²) in [6.45, 7) is 2.24. The lowest BCUT2D eigenvalue weighted by Gasteiger charge is -2.20. The molecule has 0 unspecified atom stereocenters. The fourth-order valence-corrected chi connectivity index (χ4v) is 4.43. The Bertz CT molecular complexity index is 859. The van der Waals surface area contributed by atoms with Crippen molar-refractivity contribution in [3.63, 3.8) is 0 Å². The molecule has 1 aliphatic heterocycles. The average molecular weight is 348 g/mol. The van der Waals surface area contributed by atoms with Crippen LogP contribution in [-0.2, 0) is 10.0 Å². The van der Waals surface area contributed by atoms with Gasteiger partial charge < -0.3 is 11.1 Å². The minimum absolute atomic E-state index is 0.0358. The van der Waals surface area contributed by atoms with E-state index in [9.17, 15) is 13.2 Å². The van der Waals surface area contributed by atoms with Gasteiger partial charge in [-0.1, -0.05) is 12.1 Å². The van der Waals surface area contributed by atoms with Crippen molar-refractivity contribution < 1.29 is 13.2 Å². The van der Waals surface area contributed by atoms with Crippen LogP contribution in [0, 0.1) is 0 Å². The van der Waals surface area contributed by atoms with Crippen LogP contribution in [0.25, 0.3) is 10.8 Å². The van der Waals surface area contributed by atoms with Crippen LogP contribution in [0.15, 0.2) is 35.5 Å². The molecule has 8 heteroatoms. The van der Waals surface area contributed by atoms with Crippen molar-refractivity contribution in [2.45, 2.75) is 11.4 Å². The monoisotopic (exact) mass is 348 g/mol. The minimum Gasteiger partial charge on any atom is -0.324 e. The SMILES string of the molecule is NCC(=O)c1ccc2c(S(=O)(=O)N3CCCNCC3)nccc2c1. The van der Waals surface area contributed by atoms with E-state index in [1.807, 2.05) is 0 Å². The summed E-state index contributed by atoms with van der Waals surface area (Å²) in [6, 6.07) is 6.59. The summed E-state index contributed by atoms with van der Waals surface area (Å²) in [6.07, 6.45) is 2.22. The number of hydrogen-bond donors (Lipinski definition) is 2. The molecule has 1 aliphatic rings. The van der Waals surface area contributed by atoms with Crippen molar-refractivity contribution in [2.24, 2.45) is 5.73 Å². The number of ketones is 1. The number of nitrogens with one attached hydrogen (secondary N) is 1. The lowest BCUT2D eigenvalue weighted by Crippen LogP contribution is -2.34. The number of Topliss-reactive ketones (excluding diaryl/α,β-unsaturated/α-hetero) is 1. The molecule has 2 aromatic rings. The zero-order valence-electron chi connectivity index (χ0n) is 13.2. The fourth-order valence-electron chi connectivity index (χ4n) is 2.83. The fraction of sp³-hybridized carbons (Fsp3) is 0.375. The lowest BCUT2D eigenvalue weighted by atomic mass is 10.1. The third-order valence-electron chi connectivity index (χ3n) is 4.12. The van der Waals surface area contributed by atoms with E-state index in [1.54, 1.807) is 24.3 Å². The zero-order valence-corrected chi connectivity index (χ0v) is 14.1. The standard InChI is InChI=1S/C16H20N4O3S/c17-11-15(21)13-2-3-14-12(10-13)4-6-19-16(14)24(22,23)20-8-1-5-18-7-9-20/h2-4,6,10,18H,1,5,7-9,11,17H2. The smallest absolute Gasteiger partial charge is 0.261 e. The molecule has 1 fully saturated rings. The summed E-state index contributed by atoms with van der Waals surface area (Å²) in [5.74, 6) is -0.184. The molecule has 0 aliphatic carbocycles. The van der Waals surface area contributed by atoms with Gasteiger partial charge in [0, 0.05) is 36.8 Å². The number of sulfonamides is 1. The number of carbonyl (C=O) groups excluding carboxylic acids is 1. The number of rotatable bonds is 4. The van der Waals surface area contributed by atoms with E-state index in [0.29, 0.717) is 36.0 Å². The highest BCUT2D eigenvalue weighted by atomic mass is 32.2. The highest BCUT2D eigenvalue weighted by Crippen LogP contribution is 2.25. The van der Waals surface area contributed by atoms with Crippen LogP contribution in [0.5, 0.6) is 0 Å². The van der Waals surface area contributed by atoms with E-state index < -0.39 is 10.0 Å². The summed E-state index contributed by atoms with van der Waals surface area (Å²) >= 11 is 0. The van der Waals surface area contributed by atoms with E-state index in [1.165, 1.54) is 10.5 Å². The molecule has 1 aromatic carbocycles. The van der Waals surface area contributed by atoms with Crippen LogP contribution in [0.4, 0.5) is 0 Å². The maximum absolute atomic E-state index is 13.0. The number of nitrogens with two attached hydrogens (primary N) is 1. The average Bonchev–Trinajstić information content (AvgIpc) is 2.90. The van der Waals surface area contributed by atoms with Crippen LogP contribution in [0.2, 0.25) is 0 Å². The Morgan fingerprint density at radius 2 is 2.08 bits per heavy atom. The summed E-state index contributed by atoms with van der Waals surface area (Å²) < 4.78 is 27.4. The first-order valence-corrected chi connectivity index (χ1v) is 9.31. The van der Waals surface area contributed by atoms with Gasteiger partial charge in [0.25, 0.3) is 10.0 Å². The van der Waals surface area contributed by atoms with Gasteiger partial charge >= 0.3 is 0 Å². The van der Waals surface area contributed by atoms with Crippen LogP contribution < -0.4 is 11.1 Å². The summed E-state index contributed by atoms with van der Waals surface area (Å²) in [4.78, 5) is 15.9. The van der Waals surface area contributed by atoms with E-state index >= 15 is 0 Å². The third-order valence-corrected chi connectivity index (χ3v) is 5.98. The molecule has 7 nitrogen and oxygen atoms in total. The third kappa shape index (κ3) is 3.18. The van der Waals surface area contributed by atoms with Gasteiger partial charge in [0.2, 0.25) is 0 Å². The summed E-state index contributed by atoms with van der Waals surface area (Å²) in [5.41, 5.74) is 5.86. The molecule has 1 aromatic heterocycles. The highest BCUT2D eigenvalue weighted by Gasteiger charge is 2.28. The van der Waals surface area contributed by atoms with Crippen LogP contribution in [0.3, 0.4) is 0 Å². The van der Waals surface area contributed by atoms with Gasteiger partial charge in [0.1, 0.15) is 0 Å². The molecule has 3 N–H and O–H groups in total. The lowest BCUT2D eigenvalue weighted by molar-refractivity contribution is 0.100. The summed E-state index contributed by atoms with van der Waals surface area (Å²) in [7, 11) is -3.68. The van der Waals surface area contributed by atoms with Gasteiger partial charge in [-0.05, 0) is 30.5 Å². The number of aromatic nitrogens is 1. The molecule has 128 valence electrons. The zero-order chi connectivity index (χ0) is 17.2. The Morgan fingerprint density at radius 1 is 1.25 bits per heavy atom. The molecule has 0 radical (unpaired) electrons. The van der Waals surface area contributed by atoms with Crippen molar-refractivity contribution in [3.05, 3.63) is 36.0 Å². The number of nitrogens with zero attached hydrogens (tertiary/aromatic N) is 2. The molecule has 1 saturated heterocycles. The van der Waals surface area contributed by atoms with E-state index in [0.717, 1.165) is 13.0 Å². The molecule has 0 bridgehead atoms. The van der Waals surface area contributed by atoms with Crippen molar-refractivity contribution in [1.82, 2.24) is 14.6 Å². The number of hydrogen-bond acceptors (Lipinski definition) is 6. The van der Waals surface area contributed by atoms with Gasteiger partial charge in [-0.3, -0.25) is 4.79 Å². The predicted molar refractivity (Wildman–Crippen MR) is 91.4 cm³/mol. The largest absolute Gasteiger partial charge is 0.324 e. The first kappa shape index (κ1) is 17.0. The van der Waals surface area contributed by atoms with Gasteiger partial charge in [-0.15, -0.1) is 0 Å². The van der Waals surface area contributed by atoms with Gasteiger partial charge in [0.15, 0.2) is 10.8 Å². The first-order valence-electron chi connectivity index (χ1n) is 7.87. The van der Waals surface area contributed by atoms with Crippen LogP contribution in [-0.4, -0.2) is 56.2 Å². The Balaban J connectivity index is 2.07. The quantitative estimate of drug-likeness (QED) is 0.773. The predicted octanol–water partition coefficient (Wildman–Crippen LogP) is 0.360. The topological polar surface area (TPSA) is 105 Å². The van der Waals surface area contributed by atoms with Crippen LogP contribution in [0.1, 0.15) is 16.8 Å². The normalized spacial score (nSPS) is 16.9. The van der Waals surface area contributed by atoms with Crippen molar-refractivity contribution in [1.29, 1.82) is 0 Å². The Kier molecular flexibility index (Phi) is 4.91. The number of benzene rings is 1. The molecule has 0 spiro atoms. The molecule has 3 rings (SSSR count). The second-order valence-electron chi connectivity index (χ2n) is 5.69. The first-order chi connectivity index (χ1) is 11.5. The molecule has 0 saturated carbocycles. The van der Waals surface area contributed by atoms with Gasteiger partial charge in [-0.25, -0.2) is 13.4 Å². The Hall–Kier alpha value is -1.87. The molecule has 0 amide bonds. The number of fused-ring (bicyclic) bond motifs is 1. The van der Waals surface area contributed by atoms with E-state index in [2.05, 4.69) is 10.3 Å². The maximum Gasteiger partial charge on any atom is 0.261 e. The number of carbonyl (C=O) groups is 1. The van der Waals surface area contributed by atoms with Gasteiger partial charge in [-0.2, -0.15) is 4.31 Å². The Labute approximate surface area is 140 Å². The molecular weight excluding hydrogens is 328 g/mol. The van der Waals surface area contributed by atoms with Crippen molar-refractivity contribution in [3.8, 4) is 0 Å². The second-order valence-corrected chi connectivity index (χ2v) is 7.54. The summed E-state index contributed by atoms with van der Waals surface area (Å²) in [5, 5.41) is 4.40. The van der Waals surface area contributed by atoms with Crippen molar-refractivity contribution >= 4 is 26.6 Å². The van der Waals surface area contributed by atoms with E-state index in [4.69, 9.17) is 5.73 Å². The maximum atomic E-state index is 13.0. The van der Waals surface area contributed by atoms with Gasteiger partial charge in [0.05, 0.1) is 6.54 Å². The number of pyridine rings is 1. The minimum atomic E-state index is -3.68. The van der Waals surface area contributed by atoms with Crippen molar-refractivity contribution in [2.75, 3.05) is 32.7 Å². The molecule has 24 heavy (non-hydrogen) atoms. The van der Waals surface area contributed by atoms with E-state index in [-0.39, 0.29) is 17.4 Å². The second kappa shape index (κ2) is 6.94. The molecule has 0 atom stereocenters. The van der Waals surface area contributed by atoms with Crippen LogP contribution >= 0.6 is 0 Å². The molecule has 2 heterocycles. The highest BCUT2D eigenvalue weighted by molar-refractivity contribution is 7.89. The molecular formula is C16H20N4O3S. The Morgan fingerprint density at radius 3 is 2.88 bits per heavy atom.